The van der Waals surface area contributed by atoms with Gasteiger partial charge in [-0.2, -0.15) is 10.4 Å². The topological polar surface area (TPSA) is 117 Å². The lowest BCUT2D eigenvalue weighted by Gasteiger charge is -2.08. The van der Waals surface area contributed by atoms with Crippen LogP contribution in [0, 0.1) is 11.3 Å². The molecule has 0 aliphatic heterocycles. The van der Waals surface area contributed by atoms with E-state index in [1.807, 2.05) is 42.6 Å². The zero-order valence-corrected chi connectivity index (χ0v) is 17.0. The number of aromatic nitrogens is 2. The molecule has 3 aromatic rings. The third-order valence-electron chi connectivity index (χ3n) is 4.36. The Morgan fingerprint density at radius 1 is 1.07 bits per heavy atom. The highest BCUT2D eigenvalue weighted by molar-refractivity contribution is 7.89. The van der Waals surface area contributed by atoms with Gasteiger partial charge in [0, 0.05) is 37.5 Å². The van der Waals surface area contributed by atoms with E-state index in [4.69, 9.17) is 5.26 Å². The van der Waals surface area contributed by atoms with E-state index in [-0.39, 0.29) is 23.8 Å². The Balaban J connectivity index is 1.51. The molecule has 154 valence electrons. The maximum absolute atomic E-state index is 12.3. The number of amides is 1. The molecule has 0 aliphatic carbocycles. The van der Waals surface area contributed by atoms with Gasteiger partial charge in [0.05, 0.1) is 16.7 Å². The summed E-state index contributed by atoms with van der Waals surface area (Å²) < 4.78 is 28.3. The number of rotatable bonds is 9. The van der Waals surface area contributed by atoms with Crippen LogP contribution in [0.25, 0.3) is 5.69 Å². The molecule has 3 rings (SSSR count). The van der Waals surface area contributed by atoms with Gasteiger partial charge in [0.15, 0.2) is 0 Å². The minimum atomic E-state index is -3.69. The van der Waals surface area contributed by atoms with Gasteiger partial charge < -0.3 is 5.32 Å². The highest BCUT2D eigenvalue weighted by Gasteiger charge is 2.14. The molecular formula is C21H21N5O3S. The first-order valence-electron chi connectivity index (χ1n) is 9.33. The number of nitrogens with zero attached hydrogens (tertiary/aromatic N) is 3. The molecule has 0 saturated carbocycles. The van der Waals surface area contributed by atoms with Crippen LogP contribution >= 0.6 is 0 Å². The van der Waals surface area contributed by atoms with Gasteiger partial charge in [0.25, 0.3) is 5.91 Å². The van der Waals surface area contributed by atoms with E-state index in [1.165, 1.54) is 24.3 Å². The third-order valence-corrected chi connectivity index (χ3v) is 5.84. The smallest absolute Gasteiger partial charge is 0.251 e. The normalized spacial score (nSPS) is 11.0. The lowest BCUT2D eigenvalue weighted by molar-refractivity contribution is 0.0954. The minimum absolute atomic E-state index is 0.0456. The van der Waals surface area contributed by atoms with Gasteiger partial charge in [-0.3, -0.25) is 4.79 Å². The Hall–Kier alpha value is -3.48. The van der Waals surface area contributed by atoms with E-state index < -0.39 is 10.0 Å². The van der Waals surface area contributed by atoms with Gasteiger partial charge in [-0.25, -0.2) is 17.8 Å². The fourth-order valence-electron chi connectivity index (χ4n) is 2.77. The molecule has 1 amide bonds. The number of benzene rings is 2. The van der Waals surface area contributed by atoms with E-state index in [2.05, 4.69) is 15.1 Å². The second kappa shape index (κ2) is 9.82. The van der Waals surface area contributed by atoms with Crippen LogP contribution in [0.5, 0.6) is 0 Å². The Morgan fingerprint density at radius 2 is 1.80 bits per heavy atom. The first-order chi connectivity index (χ1) is 14.5. The molecule has 0 aliphatic rings. The van der Waals surface area contributed by atoms with E-state index in [9.17, 15) is 13.2 Å². The number of hydrogen-bond donors (Lipinski definition) is 2. The van der Waals surface area contributed by atoms with Crippen LogP contribution < -0.4 is 10.0 Å². The van der Waals surface area contributed by atoms with Crippen molar-refractivity contribution in [3.8, 4) is 11.8 Å². The van der Waals surface area contributed by atoms with Crippen molar-refractivity contribution in [2.45, 2.75) is 17.7 Å². The number of carbonyl (C=O) groups excluding carboxylic acids is 1. The lowest BCUT2D eigenvalue weighted by Crippen LogP contribution is -2.26. The molecule has 2 N–H and O–H groups in total. The van der Waals surface area contributed by atoms with Crippen LogP contribution in [-0.2, 0) is 16.4 Å². The SMILES string of the molecule is N#CCCNS(=O)(=O)c1ccc(C(=O)NCCc2ccc(-n3cccn3)cc2)cc1. The monoisotopic (exact) mass is 423 g/mol. The van der Waals surface area contributed by atoms with Crippen molar-refractivity contribution in [2.24, 2.45) is 0 Å². The number of nitrogens with one attached hydrogen (secondary N) is 2. The zero-order valence-electron chi connectivity index (χ0n) is 16.2. The Bertz CT molecular complexity index is 1120. The second-order valence-electron chi connectivity index (χ2n) is 6.45. The summed E-state index contributed by atoms with van der Waals surface area (Å²) in [4.78, 5) is 12.3. The zero-order chi connectivity index (χ0) is 21.4. The Kier molecular flexibility index (Phi) is 6.95. The van der Waals surface area contributed by atoms with Gasteiger partial charge in [-0.05, 0) is 54.4 Å². The van der Waals surface area contributed by atoms with Crippen molar-refractivity contribution in [1.82, 2.24) is 19.8 Å². The van der Waals surface area contributed by atoms with Crippen LogP contribution in [-0.4, -0.2) is 37.2 Å². The summed E-state index contributed by atoms with van der Waals surface area (Å²) in [6, 6.07) is 17.3. The number of carbonyl (C=O) groups is 1. The summed E-state index contributed by atoms with van der Waals surface area (Å²) in [5, 5.41) is 15.5. The van der Waals surface area contributed by atoms with Crippen LogP contribution in [0.3, 0.4) is 0 Å². The Morgan fingerprint density at radius 3 is 2.43 bits per heavy atom. The van der Waals surface area contributed by atoms with Gasteiger partial charge >= 0.3 is 0 Å². The molecule has 2 aromatic carbocycles. The van der Waals surface area contributed by atoms with Crippen molar-refractivity contribution >= 4 is 15.9 Å². The summed E-state index contributed by atoms with van der Waals surface area (Å²) in [5.41, 5.74) is 2.42. The molecule has 9 heteroatoms. The van der Waals surface area contributed by atoms with Gasteiger partial charge in [-0.1, -0.05) is 12.1 Å². The third kappa shape index (κ3) is 5.53. The van der Waals surface area contributed by atoms with Gasteiger partial charge in [0.2, 0.25) is 10.0 Å². The van der Waals surface area contributed by atoms with Crippen molar-refractivity contribution in [3.63, 3.8) is 0 Å². The fourth-order valence-corrected chi connectivity index (χ4v) is 3.80. The number of hydrogen-bond acceptors (Lipinski definition) is 5. The lowest BCUT2D eigenvalue weighted by atomic mass is 10.1. The summed E-state index contributed by atoms with van der Waals surface area (Å²) in [5.74, 6) is -0.274. The molecule has 0 atom stereocenters. The van der Waals surface area contributed by atoms with Crippen molar-refractivity contribution in [1.29, 1.82) is 5.26 Å². The molecule has 0 radical (unpaired) electrons. The predicted octanol–water partition coefficient (Wildman–Crippen LogP) is 2.04. The fraction of sp³-hybridized carbons (Fsp3) is 0.190. The first-order valence-corrected chi connectivity index (χ1v) is 10.8. The van der Waals surface area contributed by atoms with Gasteiger partial charge in [0.1, 0.15) is 0 Å². The largest absolute Gasteiger partial charge is 0.352 e. The predicted molar refractivity (Wildman–Crippen MR) is 111 cm³/mol. The van der Waals surface area contributed by atoms with Gasteiger partial charge in [-0.15, -0.1) is 0 Å². The maximum Gasteiger partial charge on any atom is 0.251 e. The van der Waals surface area contributed by atoms with Crippen LogP contribution in [0.15, 0.2) is 71.9 Å². The van der Waals surface area contributed by atoms with E-state index in [0.29, 0.717) is 18.5 Å². The molecule has 1 aromatic heterocycles. The van der Waals surface area contributed by atoms with Crippen molar-refractivity contribution in [3.05, 3.63) is 78.1 Å². The molecule has 8 nitrogen and oxygen atoms in total. The second-order valence-corrected chi connectivity index (χ2v) is 8.22. The first kappa shape index (κ1) is 21.2. The highest BCUT2D eigenvalue weighted by Crippen LogP contribution is 2.11. The number of sulfonamides is 1. The highest BCUT2D eigenvalue weighted by atomic mass is 32.2. The molecule has 1 heterocycles. The van der Waals surface area contributed by atoms with Crippen molar-refractivity contribution in [2.75, 3.05) is 13.1 Å². The molecule has 0 spiro atoms. The standard InChI is InChI=1S/C21H21N5O3S/c22-12-1-14-25-30(28,29)20-9-5-18(6-10-20)21(27)23-15-11-17-3-7-19(8-4-17)26-16-2-13-24-26/h2-10,13,16,25H,1,11,14-15H2,(H,23,27). The quantitative estimate of drug-likeness (QED) is 0.511. The van der Waals surface area contributed by atoms with Crippen LogP contribution in [0.4, 0.5) is 0 Å². The average Bonchev–Trinajstić information content (AvgIpc) is 3.29. The molecule has 0 fully saturated rings. The van der Waals surface area contributed by atoms with E-state index >= 15 is 0 Å². The molecule has 0 unspecified atom stereocenters. The minimum Gasteiger partial charge on any atom is -0.352 e. The van der Waals surface area contributed by atoms with E-state index in [1.54, 1.807) is 10.9 Å². The maximum atomic E-state index is 12.3. The summed E-state index contributed by atoms with van der Waals surface area (Å²) in [7, 11) is -3.69. The van der Waals surface area contributed by atoms with E-state index in [0.717, 1.165) is 11.3 Å². The van der Waals surface area contributed by atoms with Crippen molar-refractivity contribution < 1.29 is 13.2 Å². The molecule has 0 saturated heterocycles. The van der Waals surface area contributed by atoms with Crippen LogP contribution in [0.2, 0.25) is 0 Å². The summed E-state index contributed by atoms with van der Waals surface area (Å²) in [6.45, 7) is 0.500. The molecular weight excluding hydrogens is 402 g/mol. The van der Waals surface area contributed by atoms with Crippen LogP contribution in [0.1, 0.15) is 22.3 Å². The number of nitriles is 1. The average molecular weight is 423 g/mol. The molecule has 30 heavy (non-hydrogen) atoms. The summed E-state index contributed by atoms with van der Waals surface area (Å²) in [6.07, 6.45) is 4.34. The summed E-state index contributed by atoms with van der Waals surface area (Å²) >= 11 is 0. The molecule has 0 bridgehead atoms. The Labute approximate surface area is 175 Å².